The van der Waals surface area contributed by atoms with Gasteiger partial charge in [-0.25, -0.2) is 0 Å². The van der Waals surface area contributed by atoms with Gasteiger partial charge < -0.3 is 18.6 Å². The zero-order valence-corrected chi connectivity index (χ0v) is 73.0. The van der Waals surface area contributed by atoms with Crippen LogP contribution in [0.3, 0.4) is 0 Å². The molecule has 0 aliphatic heterocycles. The van der Waals surface area contributed by atoms with Gasteiger partial charge in [0.15, 0.2) is 0 Å². The standard InChI is InChI=1S/C64H39NOS.C62H37NOS/c1-2-12-40(13-3-1)41-22-30-46(31-23-41)65(47-32-24-42(25-33-47)44-28-36-59-57(38-44)61-53-18-8-4-14-49(53)51-16-6-10-20-55(51)63(61)66-59)48-34-26-43(27-35-48)45-29-37-60-58(39-45)62-54-19-9-5-15-50(54)52-17-7-11-21-56(52)64(62)67-60;1-2-11-41-34-48(28-21-38(41)9-1)63(47-26-19-39(20-27-47)46-23-30-55-57(37-46)64-62-54-16-8-6-14-52(54)51-13-5-7-15-53(51)61(55)62)49-29-22-43-33-42(17-18-44(43)35-49)45-25-31-58-56(36-45)60-50-12-4-3-10-40(50)24-32-59(60)65-58/h1-39H;1-37H. The Labute approximate surface area is 767 Å². The lowest BCUT2D eigenvalue weighted by Gasteiger charge is -2.26. The molecule has 0 N–H and O–H groups in total. The third-order valence-electron chi connectivity index (χ3n) is 27.4. The molecule has 0 aliphatic carbocycles. The van der Waals surface area contributed by atoms with Crippen LogP contribution in [0.5, 0.6) is 0 Å². The summed E-state index contributed by atoms with van der Waals surface area (Å²) in [4.78, 5) is 4.74. The van der Waals surface area contributed by atoms with Gasteiger partial charge in [-0.2, -0.15) is 0 Å². The SMILES string of the molecule is c1ccc(-c2ccc(N(c3ccc(-c4ccc5oc6c7ccccc7c7ccccc7c6c5c4)cc3)c3ccc(-c4ccc5sc6c7ccccc7c7ccccc7c6c5c4)cc3)cc2)cc1.c1ccc2cc(N(c3ccc(-c4ccc5c(c4)oc4c6ccccc6c6ccccc6c54)cc3)c3ccc4cc(-c5ccc6sc7ccc8ccccc8c7c6c5)ccc4c3)ccc2c1. The quantitative estimate of drug-likeness (QED) is 0.121. The van der Waals surface area contributed by atoms with E-state index in [-0.39, 0.29) is 0 Å². The van der Waals surface area contributed by atoms with Crippen molar-refractivity contribution in [2.75, 3.05) is 9.80 Å². The summed E-state index contributed by atoms with van der Waals surface area (Å²) in [5, 5.41) is 32.3. The van der Waals surface area contributed by atoms with Gasteiger partial charge in [-0.3, -0.25) is 0 Å². The van der Waals surface area contributed by atoms with E-state index in [1.165, 1.54) is 171 Å². The van der Waals surface area contributed by atoms with Crippen molar-refractivity contribution in [3.05, 3.63) is 461 Å². The number of hydrogen-bond donors (Lipinski definition) is 0. The Morgan fingerprint density at radius 3 is 1.05 bits per heavy atom. The fourth-order valence-electron chi connectivity index (χ4n) is 21.1. The Morgan fingerprint density at radius 1 is 0.152 bits per heavy atom. The average molecular weight is 1710 g/mol. The van der Waals surface area contributed by atoms with Crippen molar-refractivity contribution in [3.63, 3.8) is 0 Å². The van der Waals surface area contributed by atoms with Crippen LogP contribution in [0.25, 0.3) is 237 Å². The first-order valence-electron chi connectivity index (χ1n) is 45.1. The Morgan fingerprint density at radius 2 is 0.477 bits per heavy atom. The number of anilines is 6. The van der Waals surface area contributed by atoms with Crippen molar-refractivity contribution >= 4 is 238 Å². The topological polar surface area (TPSA) is 32.8 Å². The molecule has 6 heteroatoms. The van der Waals surface area contributed by atoms with Gasteiger partial charge in [0.1, 0.15) is 22.3 Å². The molecule has 24 aromatic carbocycles. The molecule has 0 aliphatic rings. The molecule has 0 fully saturated rings. The molecule has 0 amide bonds. The van der Waals surface area contributed by atoms with Crippen molar-refractivity contribution in [3.8, 4) is 55.6 Å². The molecule has 0 spiro atoms. The van der Waals surface area contributed by atoms with E-state index in [1.807, 2.05) is 22.7 Å². The number of rotatable bonds is 11. The number of benzene rings is 24. The zero-order chi connectivity index (χ0) is 86.6. The molecule has 0 radical (unpaired) electrons. The van der Waals surface area contributed by atoms with Crippen molar-refractivity contribution in [2.45, 2.75) is 0 Å². The summed E-state index contributed by atoms with van der Waals surface area (Å²) in [7, 11) is 0. The molecule has 28 rings (SSSR count). The second-order valence-electron chi connectivity index (χ2n) is 34.8. The van der Waals surface area contributed by atoms with E-state index in [1.54, 1.807) is 0 Å². The molecule has 4 aromatic heterocycles. The Bertz CT molecular complexity index is 9360. The number of hydrogen-bond acceptors (Lipinski definition) is 6. The maximum Gasteiger partial charge on any atom is 0.143 e. The monoisotopic (exact) mass is 1710 g/mol. The lowest BCUT2D eigenvalue weighted by atomic mass is 9.95. The van der Waals surface area contributed by atoms with Crippen LogP contribution in [0.4, 0.5) is 34.1 Å². The molecule has 0 saturated carbocycles. The van der Waals surface area contributed by atoms with Gasteiger partial charge in [-0.1, -0.05) is 328 Å². The smallest absolute Gasteiger partial charge is 0.143 e. The third kappa shape index (κ3) is 12.4. The summed E-state index contributed by atoms with van der Waals surface area (Å²) in [6, 6.07) is 168. The number of fused-ring (bicyclic) bond motifs is 31. The summed E-state index contributed by atoms with van der Waals surface area (Å²) < 4.78 is 18.7. The molecule has 614 valence electrons. The average Bonchev–Trinajstić information content (AvgIpc) is 1.55. The highest BCUT2D eigenvalue weighted by molar-refractivity contribution is 7.27. The van der Waals surface area contributed by atoms with Crippen molar-refractivity contribution in [1.29, 1.82) is 0 Å². The summed E-state index contributed by atoms with van der Waals surface area (Å²) in [5.74, 6) is 0. The van der Waals surface area contributed by atoms with E-state index in [2.05, 4.69) is 471 Å². The number of furan rings is 2. The van der Waals surface area contributed by atoms with Gasteiger partial charge in [0.05, 0.1) is 0 Å². The first-order valence-corrected chi connectivity index (χ1v) is 46.7. The van der Waals surface area contributed by atoms with E-state index >= 15 is 0 Å². The van der Waals surface area contributed by atoms with E-state index in [0.717, 1.165) is 100 Å². The molecular weight excluding hydrogens is 1640 g/mol. The molecular formula is C126H76N2O2S2. The highest BCUT2D eigenvalue weighted by Gasteiger charge is 2.24. The van der Waals surface area contributed by atoms with E-state index in [0.29, 0.717) is 0 Å². The van der Waals surface area contributed by atoms with Crippen LogP contribution in [0.15, 0.2) is 470 Å². The number of nitrogens with zero attached hydrogens (tertiary/aromatic N) is 2. The van der Waals surface area contributed by atoms with E-state index in [4.69, 9.17) is 8.83 Å². The summed E-state index contributed by atoms with van der Waals surface area (Å²) >= 11 is 3.78. The predicted octanol–water partition coefficient (Wildman–Crippen LogP) is 37.6. The van der Waals surface area contributed by atoms with Gasteiger partial charge in [0, 0.05) is 112 Å². The molecule has 0 bridgehead atoms. The molecule has 4 heterocycles. The minimum absolute atomic E-state index is 0.898. The third-order valence-corrected chi connectivity index (χ3v) is 29.8. The highest BCUT2D eigenvalue weighted by Crippen LogP contribution is 2.51. The number of thiophene rings is 2. The van der Waals surface area contributed by atoms with Gasteiger partial charge in [-0.05, 0) is 270 Å². The fourth-order valence-corrected chi connectivity index (χ4v) is 23.4. The largest absolute Gasteiger partial charge is 0.455 e. The van der Waals surface area contributed by atoms with Crippen molar-refractivity contribution in [1.82, 2.24) is 0 Å². The van der Waals surface area contributed by atoms with Crippen LogP contribution >= 0.6 is 22.7 Å². The lowest BCUT2D eigenvalue weighted by Crippen LogP contribution is -2.09. The minimum atomic E-state index is 0.898. The molecule has 132 heavy (non-hydrogen) atoms. The first kappa shape index (κ1) is 75.4. The minimum Gasteiger partial charge on any atom is -0.455 e. The first-order chi connectivity index (χ1) is 65.4. The summed E-state index contributed by atoms with van der Waals surface area (Å²) in [5.41, 5.74) is 22.1. The van der Waals surface area contributed by atoms with Crippen LogP contribution < -0.4 is 9.80 Å². The molecule has 0 unspecified atom stereocenters. The Kier molecular flexibility index (Phi) is 17.4. The van der Waals surface area contributed by atoms with Crippen LogP contribution in [0, 0.1) is 0 Å². The fraction of sp³-hybridized carbons (Fsp3) is 0. The van der Waals surface area contributed by atoms with Gasteiger partial charge in [-0.15, -0.1) is 22.7 Å². The molecule has 0 atom stereocenters. The molecule has 28 aromatic rings. The van der Waals surface area contributed by atoms with Crippen molar-refractivity contribution in [2.24, 2.45) is 0 Å². The van der Waals surface area contributed by atoms with Gasteiger partial charge in [0.2, 0.25) is 0 Å². The normalized spacial score (nSPS) is 11.9. The Hall–Kier alpha value is -16.7. The van der Waals surface area contributed by atoms with Crippen LogP contribution in [-0.2, 0) is 0 Å². The lowest BCUT2D eigenvalue weighted by molar-refractivity contribution is 0.672. The Balaban J connectivity index is 0.000000135. The van der Waals surface area contributed by atoms with E-state index in [9.17, 15) is 0 Å². The maximum atomic E-state index is 6.75. The van der Waals surface area contributed by atoms with Crippen molar-refractivity contribution < 1.29 is 8.83 Å². The van der Waals surface area contributed by atoms with Gasteiger partial charge >= 0.3 is 0 Å². The van der Waals surface area contributed by atoms with Crippen LogP contribution in [-0.4, -0.2) is 0 Å². The molecule has 4 nitrogen and oxygen atoms in total. The van der Waals surface area contributed by atoms with Crippen LogP contribution in [0.2, 0.25) is 0 Å². The summed E-state index contributed by atoms with van der Waals surface area (Å²) in [6.45, 7) is 0. The zero-order valence-electron chi connectivity index (χ0n) is 71.4. The highest BCUT2D eigenvalue weighted by atomic mass is 32.1. The maximum absolute atomic E-state index is 6.75. The summed E-state index contributed by atoms with van der Waals surface area (Å²) in [6.07, 6.45) is 0. The predicted molar refractivity (Wildman–Crippen MR) is 567 cm³/mol. The van der Waals surface area contributed by atoms with Gasteiger partial charge in [0.25, 0.3) is 0 Å². The van der Waals surface area contributed by atoms with Crippen LogP contribution in [0.1, 0.15) is 0 Å². The van der Waals surface area contributed by atoms with E-state index < -0.39 is 0 Å². The second kappa shape index (κ2) is 30.5. The molecule has 0 saturated heterocycles. The second-order valence-corrected chi connectivity index (χ2v) is 36.9.